The van der Waals surface area contributed by atoms with Crippen molar-refractivity contribution in [1.29, 1.82) is 0 Å². The van der Waals surface area contributed by atoms with Crippen molar-refractivity contribution in [1.82, 2.24) is 10.2 Å². The summed E-state index contributed by atoms with van der Waals surface area (Å²) in [6, 6.07) is 22.4. The molecule has 0 radical (unpaired) electrons. The fourth-order valence-electron chi connectivity index (χ4n) is 3.51. The minimum absolute atomic E-state index is 0.175. The Balaban J connectivity index is 1.33. The Morgan fingerprint density at radius 1 is 0.906 bits per heavy atom. The molecule has 0 bridgehead atoms. The second kappa shape index (κ2) is 9.98. The highest BCUT2D eigenvalue weighted by atomic mass is 16.7. The number of nitrogens with zero attached hydrogens (tertiary/aromatic N) is 1. The summed E-state index contributed by atoms with van der Waals surface area (Å²) in [5.41, 5.74) is 2.94. The Kier molecular flexibility index (Phi) is 6.67. The van der Waals surface area contributed by atoms with Gasteiger partial charge in [-0.1, -0.05) is 48.5 Å². The van der Waals surface area contributed by atoms with Gasteiger partial charge in [-0.2, -0.15) is 0 Å². The van der Waals surface area contributed by atoms with Gasteiger partial charge in [0.15, 0.2) is 11.5 Å². The van der Waals surface area contributed by atoms with Crippen LogP contribution in [0.1, 0.15) is 21.5 Å². The molecule has 1 heterocycles. The first kappa shape index (κ1) is 21.4. The number of benzene rings is 3. The number of rotatable bonds is 8. The zero-order valence-corrected chi connectivity index (χ0v) is 17.8. The van der Waals surface area contributed by atoms with Crippen LogP contribution < -0.4 is 20.1 Å². The average Bonchev–Trinajstić information content (AvgIpc) is 3.26. The zero-order valence-electron chi connectivity index (χ0n) is 17.8. The molecule has 2 amide bonds. The number of hydrogen-bond donors (Lipinski definition) is 2. The fourth-order valence-corrected chi connectivity index (χ4v) is 3.51. The van der Waals surface area contributed by atoms with Gasteiger partial charge in [-0.25, -0.2) is 0 Å². The molecular formula is C25H25N3O4. The highest BCUT2D eigenvalue weighted by Gasteiger charge is 2.16. The predicted molar refractivity (Wildman–Crippen MR) is 122 cm³/mol. The molecule has 0 saturated heterocycles. The summed E-state index contributed by atoms with van der Waals surface area (Å²) in [6.07, 6.45) is 0. The number of anilines is 1. The molecule has 7 nitrogen and oxygen atoms in total. The Labute approximate surface area is 187 Å². The van der Waals surface area contributed by atoms with Crippen LogP contribution in [0, 0.1) is 0 Å². The highest BCUT2D eigenvalue weighted by Crippen LogP contribution is 2.32. The highest BCUT2D eigenvalue weighted by molar-refractivity contribution is 6.04. The number of nitrogens with one attached hydrogen (secondary N) is 2. The maximum absolute atomic E-state index is 12.7. The van der Waals surface area contributed by atoms with E-state index in [1.165, 1.54) is 0 Å². The smallest absolute Gasteiger partial charge is 0.253 e. The molecule has 0 unspecified atom stereocenters. The average molecular weight is 431 g/mol. The van der Waals surface area contributed by atoms with E-state index >= 15 is 0 Å². The normalized spacial score (nSPS) is 11.9. The van der Waals surface area contributed by atoms with Crippen molar-refractivity contribution in [2.24, 2.45) is 0 Å². The Morgan fingerprint density at radius 3 is 2.50 bits per heavy atom. The van der Waals surface area contributed by atoms with Gasteiger partial charge in [0.25, 0.3) is 5.91 Å². The van der Waals surface area contributed by atoms with Crippen molar-refractivity contribution in [2.45, 2.75) is 13.1 Å². The third-order valence-corrected chi connectivity index (χ3v) is 5.04. The van der Waals surface area contributed by atoms with Gasteiger partial charge >= 0.3 is 0 Å². The standard InChI is InChI=1S/C25H25N3O4/c1-28(15-19-11-12-22-23(13-19)32-17-31-22)16-24(29)27-21-10-6-5-9-20(21)25(30)26-14-18-7-3-2-4-8-18/h2-13H,14-17H2,1H3,(H,26,30)(H,27,29). The molecule has 2 N–H and O–H groups in total. The number of hydrogen-bond acceptors (Lipinski definition) is 5. The van der Waals surface area contributed by atoms with Gasteiger partial charge in [0.2, 0.25) is 12.7 Å². The molecule has 4 rings (SSSR count). The minimum atomic E-state index is -0.238. The van der Waals surface area contributed by atoms with Crippen LogP contribution in [0.25, 0.3) is 0 Å². The lowest BCUT2D eigenvalue weighted by molar-refractivity contribution is -0.117. The van der Waals surface area contributed by atoms with Gasteiger partial charge in [0, 0.05) is 13.1 Å². The van der Waals surface area contributed by atoms with Crippen LogP contribution in [0.15, 0.2) is 72.8 Å². The molecule has 7 heteroatoms. The summed E-state index contributed by atoms with van der Waals surface area (Å²) in [7, 11) is 1.86. The summed E-state index contributed by atoms with van der Waals surface area (Å²) in [5.74, 6) is 1.02. The third kappa shape index (κ3) is 5.44. The summed E-state index contributed by atoms with van der Waals surface area (Å²) in [5, 5.41) is 5.76. The van der Waals surface area contributed by atoms with E-state index in [0.717, 1.165) is 22.6 Å². The number of fused-ring (bicyclic) bond motifs is 1. The molecule has 32 heavy (non-hydrogen) atoms. The number of likely N-dealkylation sites (N-methyl/N-ethyl adjacent to an activating group) is 1. The van der Waals surface area contributed by atoms with E-state index in [4.69, 9.17) is 9.47 Å². The predicted octanol–water partition coefficient (Wildman–Crippen LogP) is 3.42. The second-order valence-corrected chi connectivity index (χ2v) is 7.62. The summed E-state index contributed by atoms with van der Waals surface area (Å²) in [4.78, 5) is 27.2. The van der Waals surface area contributed by atoms with Crippen LogP contribution in [0.2, 0.25) is 0 Å². The lowest BCUT2D eigenvalue weighted by Crippen LogP contribution is -2.31. The van der Waals surface area contributed by atoms with Crippen molar-refractivity contribution in [3.63, 3.8) is 0 Å². The molecule has 3 aromatic carbocycles. The van der Waals surface area contributed by atoms with Gasteiger partial charge in [-0.3, -0.25) is 14.5 Å². The van der Waals surface area contributed by atoms with Gasteiger partial charge < -0.3 is 20.1 Å². The van der Waals surface area contributed by atoms with E-state index in [9.17, 15) is 9.59 Å². The molecule has 1 aliphatic heterocycles. The molecule has 0 saturated carbocycles. The molecule has 0 spiro atoms. The van der Waals surface area contributed by atoms with Crippen LogP contribution in [0.3, 0.4) is 0 Å². The van der Waals surface area contributed by atoms with E-state index in [2.05, 4.69) is 10.6 Å². The maximum atomic E-state index is 12.7. The lowest BCUT2D eigenvalue weighted by Gasteiger charge is -2.17. The van der Waals surface area contributed by atoms with E-state index in [-0.39, 0.29) is 25.2 Å². The second-order valence-electron chi connectivity index (χ2n) is 7.62. The summed E-state index contributed by atoms with van der Waals surface area (Å²) in [6.45, 7) is 1.40. The van der Waals surface area contributed by atoms with Crippen molar-refractivity contribution in [2.75, 3.05) is 25.7 Å². The van der Waals surface area contributed by atoms with Crippen LogP contribution in [-0.2, 0) is 17.9 Å². The van der Waals surface area contributed by atoms with Gasteiger partial charge in [0.05, 0.1) is 17.8 Å². The summed E-state index contributed by atoms with van der Waals surface area (Å²) >= 11 is 0. The first-order valence-electron chi connectivity index (χ1n) is 10.4. The Hall–Kier alpha value is -3.84. The number of ether oxygens (including phenoxy) is 2. The van der Waals surface area contributed by atoms with E-state index < -0.39 is 0 Å². The van der Waals surface area contributed by atoms with E-state index in [0.29, 0.717) is 24.3 Å². The van der Waals surface area contributed by atoms with Crippen molar-refractivity contribution < 1.29 is 19.1 Å². The molecular weight excluding hydrogens is 406 g/mol. The SMILES string of the molecule is CN(CC(=O)Nc1ccccc1C(=O)NCc1ccccc1)Cc1ccc2c(c1)OCO2. The monoisotopic (exact) mass is 431 g/mol. The Bertz CT molecular complexity index is 1100. The van der Waals surface area contributed by atoms with Crippen LogP contribution in [0.5, 0.6) is 11.5 Å². The molecule has 164 valence electrons. The number of amides is 2. The quantitative estimate of drug-likeness (QED) is 0.571. The Morgan fingerprint density at radius 2 is 1.66 bits per heavy atom. The van der Waals surface area contributed by atoms with Crippen molar-refractivity contribution in [3.8, 4) is 11.5 Å². The molecule has 1 aliphatic rings. The fraction of sp³-hybridized carbons (Fsp3) is 0.200. The van der Waals surface area contributed by atoms with E-state index in [1.54, 1.807) is 24.3 Å². The maximum Gasteiger partial charge on any atom is 0.253 e. The zero-order chi connectivity index (χ0) is 22.3. The number of carbonyl (C=O) groups excluding carboxylic acids is 2. The molecule has 0 aromatic heterocycles. The van der Waals surface area contributed by atoms with Gasteiger partial charge in [-0.05, 0) is 42.4 Å². The minimum Gasteiger partial charge on any atom is -0.454 e. The van der Waals surface area contributed by atoms with Crippen LogP contribution >= 0.6 is 0 Å². The first-order valence-corrected chi connectivity index (χ1v) is 10.4. The summed E-state index contributed by atoms with van der Waals surface area (Å²) < 4.78 is 10.7. The largest absolute Gasteiger partial charge is 0.454 e. The first-order chi connectivity index (χ1) is 15.6. The number of para-hydroxylation sites is 1. The van der Waals surface area contributed by atoms with Crippen molar-refractivity contribution >= 4 is 17.5 Å². The molecule has 0 aliphatic carbocycles. The molecule has 0 atom stereocenters. The molecule has 3 aromatic rings. The van der Waals surface area contributed by atoms with Crippen LogP contribution in [0.4, 0.5) is 5.69 Å². The molecule has 0 fully saturated rings. The topological polar surface area (TPSA) is 79.9 Å². The lowest BCUT2D eigenvalue weighted by atomic mass is 10.1. The van der Waals surface area contributed by atoms with Crippen LogP contribution in [-0.4, -0.2) is 37.1 Å². The van der Waals surface area contributed by atoms with Gasteiger partial charge in [-0.15, -0.1) is 0 Å². The van der Waals surface area contributed by atoms with Gasteiger partial charge in [0.1, 0.15) is 0 Å². The third-order valence-electron chi connectivity index (χ3n) is 5.04. The van der Waals surface area contributed by atoms with E-state index in [1.807, 2.05) is 60.5 Å². The number of carbonyl (C=O) groups is 2. The van der Waals surface area contributed by atoms with Crippen molar-refractivity contribution in [3.05, 3.63) is 89.5 Å².